The van der Waals surface area contributed by atoms with Crippen molar-refractivity contribution < 1.29 is 18.7 Å². The highest BCUT2D eigenvalue weighted by molar-refractivity contribution is 5.93. The first-order chi connectivity index (χ1) is 15.4. The third-order valence-corrected chi connectivity index (χ3v) is 5.20. The van der Waals surface area contributed by atoms with Gasteiger partial charge in [0.05, 0.1) is 13.3 Å². The van der Waals surface area contributed by atoms with Crippen LogP contribution >= 0.6 is 0 Å². The molecule has 7 nitrogen and oxygen atoms in total. The zero-order chi connectivity index (χ0) is 23.1. The average molecular weight is 436 g/mol. The van der Waals surface area contributed by atoms with Gasteiger partial charge in [0.15, 0.2) is 11.7 Å². The van der Waals surface area contributed by atoms with Crippen LogP contribution in [0.15, 0.2) is 59.1 Å². The van der Waals surface area contributed by atoms with Gasteiger partial charge in [-0.15, -0.1) is 0 Å². The molecule has 0 bridgehead atoms. The minimum absolute atomic E-state index is 0.0325. The van der Waals surface area contributed by atoms with E-state index in [9.17, 15) is 9.59 Å². The molecule has 2 aromatic carbocycles. The molecule has 3 rings (SSSR count). The van der Waals surface area contributed by atoms with Crippen LogP contribution < -0.4 is 4.74 Å². The monoisotopic (exact) mass is 435 g/mol. The van der Waals surface area contributed by atoms with E-state index in [2.05, 4.69) is 4.98 Å². The number of nitrogens with zero attached hydrogens (tertiary/aromatic N) is 3. The molecule has 0 aliphatic heterocycles. The van der Waals surface area contributed by atoms with Gasteiger partial charge in [-0.3, -0.25) is 9.59 Å². The SMILES string of the molecule is CCN(Cc1ccc(C(=O)N(C)C)cc1)C(=O)CCc1ncc(-c2ccc(OC)cc2)o1. The number of aromatic nitrogens is 1. The summed E-state index contributed by atoms with van der Waals surface area (Å²) < 4.78 is 11.0. The number of aryl methyl sites for hydroxylation is 1. The van der Waals surface area contributed by atoms with Crippen molar-refractivity contribution in [3.05, 3.63) is 71.7 Å². The molecule has 0 unspecified atom stereocenters. The van der Waals surface area contributed by atoms with E-state index in [0.717, 1.165) is 16.9 Å². The summed E-state index contributed by atoms with van der Waals surface area (Å²) >= 11 is 0. The van der Waals surface area contributed by atoms with Crippen molar-refractivity contribution in [2.45, 2.75) is 26.3 Å². The number of carbonyl (C=O) groups is 2. The highest BCUT2D eigenvalue weighted by Gasteiger charge is 2.15. The average Bonchev–Trinajstić information content (AvgIpc) is 3.30. The van der Waals surface area contributed by atoms with Gasteiger partial charge in [-0.25, -0.2) is 4.98 Å². The Morgan fingerprint density at radius 1 is 1.03 bits per heavy atom. The molecule has 3 aromatic rings. The molecule has 0 saturated carbocycles. The van der Waals surface area contributed by atoms with Crippen LogP contribution in [0.1, 0.15) is 35.2 Å². The predicted octanol–water partition coefficient (Wildman–Crippen LogP) is 4.03. The summed E-state index contributed by atoms with van der Waals surface area (Å²) in [4.78, 5) is 32.4. The summed E-state index contributed by atoms with van der Waals surface area (Å²) in [6.07, 6.45) is 2.42. The Hall–Kier alpha value is -3.61. The number of methoxy groups -OCH3 is 1. The molecule has 2 amide bonds. The summed E-state index contributed by atoms with van der Waals surface area (Å²) in [5.74, 6) is 1.96. The maximum atomic E-state index is 12.7. The highest BCUT2D eigenvalue weighted by atomic mass is 16.5. The third kappa shape index (κ3) is 5.75. The van der Waals surface area contributed by atoms with Gasteiger partial charge in [0, 0.05) is 51.2 Å². The molecule has 0 aliphatic rings. The number of benzene rings is 2. The van der Waals surface area contributed by atoms with Gasteiger partial charge in [-0.1, -0.05) is 12.1 Å². The lowest BCUT2D eigenvalue weighted by molar-refractivity contribution is -0.131. The largest absolute Gasteiger partial charge is 0.497 e. The zero-order valence-electron chi connectivity index (χ0n) is 19.0. The Labute approximate surface area is 188 Å². The Morgan fingerprint density at radius 3 is 2.31 bits per heavy atom. The van der Waals surface area contributed by atoms with Crippen LogP contribution in [0.5, 0.6) is 5.75 Å². The normalized spacial score (nSPS) is 10.6. The molecular weight excluding hydrogens is 406 g/mol. The van der Waals surface area contributed by atoms with Gasteiger partial charge in [0.1, 0.15) is 5.75 Å². The standard InChI is InChI=1S/C25H29N3O4/c1-5-28(17-18-6-8-20(9-7-18)25(30)27(2)3)24(29)15-14-23-26-16-22(32-23)19-10-12-21(31-4)13-11-19/h6-13,16H,5,14-15,17H2,1-4H3. The van der Waals surface area contributed by atoms with Crippen LogP contribution in [0.2, 0.25) is 0 Å². The van der Waals surface area contributed by atoms with Crippen molar-refractivity contribution in [2.24, 2.45) is 0 Å². The second kappa shape index (κ2) is 10.6. The quantitative estimate of drug-likeness (QED) is 0.507. The number of hydrogen-bond acceptors (Lipinski definition) is 5. The van der Waals surface area contributed by atoms with E-state index in [0.29, 0.717) is 43.1 Å². The van der Waals surface area contributed by atoms with Gasteiger partial charge < -0.3 is 19.0 Å². The topological polar surface area (TPSA) is 75.9 Å². The molecule has 168 valence electrons. The van der Waals surface area contributed by atoms with Crippen molar-refractivity contribution >= 4 is 11.8 Å². The van der Waals surface area contributed by atoms with E-state index in [4.69, 9.17) is 9.15 Å². The molecule has 0 atom stereocenters. The number of oxazole rings is 1. The molecule has 1 heterocycles. The number of ether oxygens (including phenoxy) is 1. The fourth-order valence-electron chi connectivity index (χ4n) is 3.29. The number of hydrogen-bond donors (Lipinski definition) is 0. The van der Waals surface area contributed by atoms with Crippen molar-refractivity contribution in [1.82, 2.24) is 14.8 Å². The van der Waals surface area contributed by atoms with Gasteiger partial charge >= 0.3 is 0 Å². The van der Waals surface area contributed by atoms with Crippen molar-refractivity contribution in [3.8, 4) is 17.1 Å². The molecule has 0 fully saturated rings. The van der Waals surface area contributed by atoms with Crippen LogP contribution in [0.3, 0.4) is 0 Å². The molecule has 0 aliphatic carbocycles. The fourth-order valence-corrected chi connectivity index (χ4v) is 3.29. The van der Waals surface area contributed by atoms with Crippen molar-refractivity contribution in [2.75, 3.05) is 27.7 Å². The van der Waals surface area contributed by atoms with Gasteiger partial charge in [-0.05, 0) is 48.9 Å². The van der Waals surface area contributed by atoms with Crippen LogP contribution in [-0.2, 0) is 17.8 Å². The molecule has 0 saturated heterocycles. The molecule has 0 spiro atoms. The van der Waals surface area contributed by atoms with E-state index in [1.807, 2.05) is 43.3 Å². The first-order valence-electron chi connectivity index (χ1n) is 10.6. The minimum Gasteiger partial charge on any atom is -0.497 e. The van der Waals surface area contributed by atoms with E-state index in [-0.39, 0.29) is 11.8 Å². The Bertz CT molecular complexity index is 1040. The lowest BCUT2D eigenvalue weighted by Gasteiger charge is -2.21. The molecule has 7 heteroatoms. The number of rotatable bonds is 9. The molecular formula is C25H29N3O4. The smallest absolute Gasteiger partial charge is 0.253 e. The van der Waals surface area contributed by atoms with Crippen LogP contribution in [0.25, 0.3) is 11.3 Å². The molecule has 0 N–H and O–H groups in total. The zero-order valence-corrected chi connectivity index (χ0v) is 19.0. The second-order valence-electron chi connectivity index (χ2n) is 7.65. The number of carbonyl (C=O) groups excluding carboxylic acids is 2. The Morgan fingerprint density at radius 2 is 1.72 bits per heavy atom. The van der Waals surface area contributed by atoms with E-state index in [1.165, 1.54) is 0 Å². The van der Waals surface area contributed by atoms with Gasteiger partial charge in [0.2, 0.25) is 5.91 Å². The molecule has 1 aromatic heterocycles. The van der Waals surface area contributed by atoms with Crippen molar-refractivity contribution in [1.29, 1.82) is 0 Å². The molecule has 32 heavy (non-hydrogen) atoms. The third-order valence-electron chi connectivity index (χ3n) is 5.20. The van der Waals surface area contributed by atoms with E-state index < -0.39 is 0 Å². The summed E-state index contributed by atoms with van der Waals surface area (Å²) in [5, 5.41) is 0. The van der Waals surface area contributed by atoms with Crippen LogP contribution in [0.4, 0.5) is 0 Å². The summed E-state index contributed by atoms with van der Waals surface area (Å²) in [5.41, 5.74) is 2.51. The van der Waals surface area contributed by atoms with Crippen LogP contribution in [0, 0.1) is 0 Å². The highest BCUT2D eigenvalue weighted by Crippen LogP contribution is 2.23. The van der Waals surface area contributed by atoms with Crippen LogP contribution in [-0.4, -0.2) is 54.3 Å². The maximum Gasteiger partial charge on any atom is 0.253 e. The van der Waals surface area contributed by atoms with Gasteiger partial charge in [0.25, 0.3) is 5.91 Å². The first kappa shape index (κ1) is 23.1. The second-order valence-corrected chi connectivity index (χ2v) is 7.65. The van der Waals surface area contributed by atoms with E-state index >= 15 is 0 Å². The van der Waals surface area contributed by atoms with E-state index in [1.54, 1.807) is 49.3 Å². The minimum atomic E-state index is -0.0417. The first-order valence-corrected chi connectivity index (χ1v) is 10.6. The lowest BCUT2D eigenvalue weighted by Crippen LogP contribution is -2.30. The molecule has 0 radical (unpaired) electrons. The summed E-state index contributed by atoms with van der Waals surface area (Å²) in [6.45, 7) is 3.04. The lowest BCUT2D eigenvalue weighted by atomic mass is 10.1. The van der Waals surface area contributed by atoms with Crippen molar-refractivity contribution in [3.63, 3.8) is 0 Å². The summed E-state index contributed by atoms with van der Waals surface area (Å²) in [7, 11) is 5.07. The van der Waals surface area contributed by atoms with Gasteiger partial charge in [-0.2, -0.15) is 0 Å². The Kier molecular flexibility index (Phi) is 7.65. The maximum absolute atomic E-state index is 12.7. The fraction of sp³-hybridized carbons (Fsp3) is 0.320. The number of amides is 2. The summed E-state index contributed by atoms with van der Waals surface area (Å²) in [6, 6.07) is 14.9. The predicted molar refractivity (Wildman–Crippen MR) is 122 cm³/mol. The Balaban J connectivity index is 1.56.